The number of carboxylic acid groups (broad SMARTS) is 1. The van der Waals surface area contributed by atoms with E-state index < -0.39 is 29.2 Å². The molecule has 1 aromatic carbocycles. The SMILES string of the molecule is Cc1cc(F)c(NC(=O)C(=O)O)cc1F. The van der Waals surface area contributed by atoms with E-state index in [0.29, 0.717) is 0 Å². The molecule has 0 saturated heterocycles. The Morgan fingerprint density at radius 2 is 1.87 bits per heavy atom. The molecule has 6 heteroatoms. The molecule has 0 atom stereocenters. The molecular formula is C9H7F2NO3. The van der Waals surface area contributed by atoms with E-state index in [4.69, 9.17) is 5.11 Å². The zero-order valence-corrected chi connectivity index (χ0v) is 7.67. The van der Waals surface area contributed by atoms with Crippen molar-refractivity contribution in [3.63, 3.8) is 0 Å². The van der Waals surface area contributed by atoms with Gasteiger partial charge >= 0.3 is 11.9 Å². The Morgan fingerprint density at radius 3 is 2.40 bits per heavy atom. The molecule has 0 radical (unpaired) electrons. The van der Waals surface area contributed by atoms with Gasteiger partial charge in [-0.1, -0.05) is 0 Å². The van der Waals surface area contributed by atoms with E-state index in [1.807, 2.05) is 0 Å². The zero-order valence-electron chi connectivity index (χ0n) is 7.67. The molecule has 2 N–H and O–H groups in total. The summed E-state index contributed by atoms with van der Waals surface area (Å²) in [7, 11) is 0. The summed E-state index contributed by atoms with van der Waals surface area (Å²) in [5.41, 5.74) is -0.425. The van der Waals surface area contributed by atoms with E-state index in [1.54, 1.807) is 5.32 Å². The quantitative estimate of drug-likeness (QED) is 0.694. The molecule has 0 saturated carbocycles. The zero-order chi connectivity index (χ0) is 11.6. The minimum atomic E-state index is -1.77. The summed E-state index contributed by atoms with van der Waals surface area (Å²) in [6, 6.07) is 1.60. The van der Waals surface area contributed by atoms with Crippen LogP contribution in [0.15, 0.2) is 12.1 Å². The second-order valence-electron chi connectivity index (χ2n) is 2.84. The second kappa shape index (κ2) is 4.04. The van der Waals surface area contributed by atoms with Gasteiger partial charge in [-0.3, -0.25) is 4.79 Å². The van der Waals surface area contributed by atoms with Gasteiger partial charge in [-0.25, -0.2) is 13.6 Å². The number of halogens is 2. The van der Waals surface area contributed by atoms with Gasteiger partial charge < -0.3 is 10.4 Å². The van der Waals surface area contributed by atoms with Crippen molar-refractivity contribution in [2.45, 2.75) is 6.92 Å². The molecule has 15 heavy (non-hydrogen) atoms. The highest BCUT2D eigenvalue weighted by atomic mass is 19.1. The molecule has 0 heterocycles. The van der Waals surface area contributed by atoms with E-state index in [0.717, 1.165) is 12.1 Å². The first-order valence-electron chi connectivity index (χ1n) is 3.91. The van der Waals surface area contributed by atoms with Gasteiger partial charge in [-0.05, 0) is 18.6 Å². The van der Waals surface area contributed by atoms with Gasteiger partial charge in [0.25, 0.3) is 0 Å². The lowest BCUT2D eigenvalue weighted by atomic mass is 10.2. The summed E-state index contributed by atoms with van der Waals surface area (Å²) in [6.07, 6.45) is 0. The highest BCUT2D eigenvalue weighted by molar-refractivity contribution is 6.36. The highest BCUT2D eigenvalue weighted by Gasteiger charge is 2.15. The minimum absolute atomic E-state index is 0.0702. The number of anilines is 1. The fraction of sp³-hybridized carbons (Fsp3) is 0.111. The molecule has 0 unspecified atom stereocenters. The molecule has 1 amide bonds. The van der Waals surface area contributed by atoms with Crippen LogP contribution in [0, 0.1) is 18.6 Å². The number of nitrogens with one attached hydrogen (secondary N) is 1. The fourth-order valence-electron chi connectivity index (χ4n) is 0.918. The van der Waals surface area contributed by atoms with Crippen LogP contribution in [0.5, 0.6) is 0 Å². The van der Waals surface area contributed by atoms with Gasteiger partial charge in [0.05, 0.1) is 5.69 Å². The minimum Gasteiger partial charge on any atom is -0.474 e. The lowest BCUT2D eigenvalue weighted by molar-refractivity contribution is -0.147. The molecule has 0 aliphatic heterocycles. The van der Waals surface area contributed by atoms with E-state index in [1.165, 1.54) is 6.92 Å². The third kappa shape index (κ3) is 2.49. The molecule has 0 aliphatic carbocycles. The highest BCUT2D eigenvalue weighted by Crippen LogP contribution is 2.18. The van der Waals surface area contributed by atoms with Crippen LogP contribution in [0.1, 0.15) is 5.56 Å². The molecule has 80 valence electrons. The summed E-state index contributed by atoms with van der Waals surface area (Å²) >= 11 is 0. The van der Waals surface area contributed by atoms with Crippen LogP contribution < -0.4 is 5.32 Å². The number of carbonyl (C=O) groups excluding carboxylic acids is 1. The lowest BCUT2D eigenvalue weighted by Crippen LogP contribution is -2.22. The molecular weight excluding hydrogens is 208 g/mol. The number of carbonyl (C=O) groups is 2. The Balaban J connectivity index is 3.01. The first-order chi connectivity index (χ1) is 6.91. The van der Waals surface area contributed by atoms with E-state index in [-0.39, 0.29) is 5.56 Å². The van der Waals surface area contributed by atoms with Crippen LogP contribution >= 0.6 is 0 Å². The topological polar surface area (TPSA) is 66.4 Å². The number of hydrogen-bond donors (Lipinski definition) is 2. The first kappa shape index (κ1) is 11.1. The van der Waals surface area contributed by atoms with E-state index in [2.05, 4.69) is 0 Å². The van der Waals surface area contributed by atoms with E-state index >= 15 is 0 Å². The van der Waals surface area contributed by atoms with Crippen LogP contribution in [0.3, 0.4) is 0 Å². The Morgan fingerprint density at radius 1 is 1.27 bits per heavy atom. The summed E-state index contributed by atoms with van der Waals surface area (Å²) in [4.78, 5) is 20.8. The second-order valence-corrected chi connectivity index (χ2v) is 2.84. The van der Waals surface area contributed by atoms with Crippen LogP contribution in [-0.4, -0.2) is 17.0 Å². The van der Waals surface area contributed by atoms with Crippen LogP contribution in [0.25, 0.3) is 0 Å². The molecule has 0 aromatic heterocycles. The van der Waals surface area contributed by atoms with Gasteiger partial charge in [0, 0.05) is 6.07 Å². The molecule has 0 bridgehead atoms. The lowest BCUT2D eigenvalue weighted by Gasteiger charge is -2.05. The fourth-order valence-corrected chi connectivity index (χ4v) is 0.918. The van der Waals surface area contributed by atoms with Gasteiger partial charge in [0.15, 0.2) is 0 Å². The number of amides is 1. The Hall–Kier alpha value is -1.98. The van der Waals surface area contributed by atoms with Crippen molar-refractivity contribution in [2.24, 2.45) is 0 Å². The molecule has 0 spiro atoms. The maximum Gasteiger partial charge on any atom is 0.394 e. The van der Waals surface area contributed by atoms with Crippen molar-refractivity contribution in [3.8, 4) is 0 Å². The van der Waals surface area contributed by atoms with Crippen molar-refractivity contribution in [2.75, 3.05) is 5.32 Å². The van der Waals surface area contributed by atoms with Gasteiger partial charge in [0.1, 0.15) is 11.6 Å². The average Bonchev–Trinajstić information content (AvgIpc) is 2.13. The van der Waals surface area contributed by atoms with Crippen molar-refractivity contribution in [1.82, 2.24) is 0 Å². The number of aryl methyl sites for hydroxylation is 1. The molecule has 4 nitrogen and oxygen atoms in total. The summed E-state index contributed by atoms with van der Waals surface area (Å²) in [5.74, 6) is -4.80. The first-order valence-corrected chi connectivity index (χ1v) is 3.91. The summed E-state index contributed by atoms with van der Waals surface area (Å²) < 4.78 is 26.0. The normalized spacial score (nSPS) is 9.80. The van der Waals surface area contributed by atoms with Crippen LogP contribution in [0.2, 0.25) is 0 Å². The molecule has 0 fully saturated rings. The smallest absolute Gasteiger partial charge is 0.394 e. The predicted octanol–water partition coefficient (Wildman–Crippen LogP) is 1.30. The van der Waals surface area contributed by atoms with Crippen LogP contribution in [0.4, 0.5) is 14.5 Å². The number of aliphatic carboxylic acids is 1. The number of rotatable bonds is 1. The largest absolute Gasteiger partial charge is 0.474 e. The van der Waals surface area contributed by atoms with E-state index in [9.17, 15) is 18.4 Å². The third-order valence-corrected chi connectivity index (χ3v) is 1.69. The maximum atomic E-state index is 13.1. The standard InChI is InChI=1S/C9H7F2NO3/c1-4-2-6(11)7(3-5(4)10)12-8(13)9(14)15/h2-3H,1H3,(H,12,13)(H,14,15). The molecule has 0 aliphatic rings. The molecule has 1 rings (SSSR count). The van der Waals surface area contributed by atoms with Crippen molar-refractivity contribution in [1.29, 1.82) is 0 Å². The Labute approximate surface area is 83.5 Å². The Bertz CT molecular complexity index is 432. The van der Waals surface area contributed by atoms with Crippen molar-refractivity contribution in [3.05, 3.63) is 29.3 Å². The van der Waals surface area contributed by atoms with Gasteiger partial charge in [-0.15, -0.1) is 0 Å². The molecule has 1 aromatic rings. The number of hydrogen-bond acceptors (Lipinski definition) is 2. The number of carboxylic acids is 1. The summed E-state index contributed by atoms with van der Waals surface area (Å²) in [6.45, 7) is 1.35. The van der Waals surface area contributed by atoms with Gasteiger partial charge in [-0.2, -0.15) is 0 Å². The van der Waals surface area contributed by atoms with Crippen molar-refractivity contribution >= 4 is 17.6 Å². The maximum absolute atomic E-state index is 13.1. The average molecular weight is 215 g/mol. The Kier molecular flexibility index (Phi) is 2.99. The van der Waals surface area contributed by atoms with Crippen molar-refractivity contribution < 1.29 is 23.5 Å². The monoisotopic (exact) mass is 215 g/mol. The number of benzene rings is 1. The third-order valence-electron chi connectivity index (χ3n) is 1.69. The predicted molar refractivity (Wildman–Crippen MR) is 47.4 cm³/mol. The van der Waals surface area contributed by atoms with Crippen LogP contribution in [-0.2, 0) is 9.59 Å². The summed E-state index contributed by atoms with van der Waals surface area (Å²) in [5, 5.41) is 9.95. The van der Waals surface area contributed by atoms with Gasteiger partial charge in [0.2, 0.25) is 0 Å².